The number of halogens is 1. The van der Waals surface area contributed by atoms with Crippen molar-refractivity contribution < 1.29 is 97.1 Å². The molecule has 0 amide bonds. The van der Waals surface area contributed by atoms with Crippen molar-refractivity contribution >= 4 is 40.7 Å². The van der Waals surface area contributed by atoms with Crippen molar-refractivity contribution in [1.82, 2.24) is 0 Å². The molecule has 2 fully saturated rings. The Hall–Kier alpha value is -10.9. The van der Waals surface area contributed by atoms with Crippen LogP contribution in [0.5, 0.6) is 0 Å². The normalized spacial score (nSPS) is 13.9. The molecule has 0 aromatic heterocycles. The van der Waals surface area contributed by atoms with E-state index in [2.05, 4.69) is 169 Å². The van der Waals surface area contributed by atoms with Crippen molar-refractivity contribution in [3.05, 3.63) is 324 Å². The van der Waals surface area contributed by atoms with Gasteiger partial charge in [0, 0.05) is 5.56 Å². The fourth-order valence-corrected chi connectivity index (χ4v) is 17.0. The van der Waals surface area contributed by atoms with Gasteiger partial charge in [-0.25, -0.2) is 38.7 Å². The molecule has 2 aliphatic heterocycles. The number of aliphatic hydroxyl groups excluding tert-OH is 3. The summed E-state index contributed by atoms with van der Waals surface area (Å²) >= 11 is 5.47. The minimum Gasteiger partial charge on any atom is -0.478 e. The Bertz CT molecular complexity index is 5210. The summed E-state index contributed by atoms with van der Waals surface area (Å²) in [7, 11) is 0. The Balaban J connectivity index is 0.000000250. The molecular formula is C129H171ClO20. The summed E-state index contributed by atoms with van der Waals surface area (Å²) in [4.78, 5) is 78.8. The molecule has 20 nitrogen and oxygen atoms in total. The first-order valence-electron chi connectivity index (χ1n) is 55.0. The van der Waals surface area contributed by atoms with Gasteiger partial charge in [-0.2, -0.15) is 0 Å². The lowest BCUT2D eigenvalue weighted by atomic mass is 10.00. The summed E-state index contributed by atoms with van der Waals surface area (Å²) in [6, 6.07) is 80.0. The number of aryl methyl sites for hydroxylation is 5. The van der Waals surface area contributed by atoms with E-state index in [1.165, 1.54) is 226 Å². The minimum absolute atomic E-state index is 0.0199. The molecule has 10 aromatic carbocycles. The Morgan fingerprint density at radius 2 is 0.587 bits per heavy atom. The van der Waals surface area contributed by atoms with E-state index in [1.54, 1.807) is 60.7 Å². The van der Waals surface area contributed by atoms with E-state index in [9.17, 15) is 29.1 Å². The lowest BCUT2D eigenvalue weighted by Gasteiger charge is -2.17. The summed E-state index contributed by atoms with van der Waals surface area (Å²) in [5.41, 5.74) is 20.2. The first-order chi connectivity index (χ1) is 72.8. The van der Waals surface area contributed by atoms with Crippen molar-refractivity contribution in [2.24, 2.45) is 0 Å². The average Bonchev–Trinajstić information content (AvgIpc) is 1.38. The quantitative estimate of drug-likeness (QED) is 0.00525. The van der Waals surface area contributed by atoms with E-state index in [4.69, 9.17) is 79.6 Å². The molecule has 2 aliphatic rings. The molecule has 4 unspecified atom stereocenters. The number of benzene rings is 10. The van der Waals surface area contributed by atoms with Crippen molar-refractivity contribution in [2.45, 2.75) is 323 Å². The van der Waals surface area contributed by atoms with Gasteiger partial charge in [0.1, 0.15) is 58.0 Å². The van der Waals surface area contributed by atoms with Crippen LogP contribution in [-0.4, -0.2) is 152 Å². The van der Waals surface area contributed by atoms with Crippen LogP contribution in [-0.2, 0) is 84.8 Å². The van der Waals surface area contributed by atoms with Crippen LogP contribution in [0, 0.1) is 0 Å². The predicted octanol–water partition coefficient (Wildman–Crippen LogP) is 31.1. The van der Waals surface area contributed by atoms with Gasteiger partial charge >= 0.3 is 23.9 Å². The van der Waals surface area contributed by atoms with E-state index in [0.717, 1.165) is 82.2 Å². The number of hydrogen-bond acceptors (Lipinski definition) is 19. The highest BCUT2D eigenvalue weighted by Gasteiger charge is 2.34. The fourth-order valence-electron chi connectivity index (χ4n) is 16.9. The van der Waals surface area contributed by atoms with Crippen LogP contribution in [0.25, 0.3) is 55.6 Å². The van der Waals surface area contributed by atoms with Crippen LogP contribution in [0.1, 0.15) is 335 Å². The summed E-state index contributed by atoms with van der Waals surface area (Å²) in [6.45, 7) is 26.6. The summed E-state index contributed by atoms with van der Waals surface area (Å²) in [6.07, 6.45) is 46.3. The van der Waals surface area contributed by atoms with Gasteiger partial charge in [0.25, 0.3) is 5.24 Å². The molecule has 12 rings (SSSR count). The number of carboxylic acids is 1. The van der Waals surface area contributed by atoms with Gasteiger partial charge in [-0.15, -0.1) is 13.2 Å². The molecule has 0 spiro atoms. The number of hydrogen-bond donors (Lipinski definition) is 4. The molecule has 10 aromatic rings. The average molecular weight is 2080 g/mol. The maximum atomic E-state index is 12.5. The Morgan fingerprint density at radius 3 is 0.840 bits per heavy atom. The number of carbonyl (C=O) groups is 5. The lowest BCUT2D eigenvalue weighted by molar-refractivity contribution is -0.363. The van der Waals surface area contributed by atoms with Crippen LogP contribution in [0.2, 0.25) is 0 Å². The maximum absolute atomic E-state index is 12.5. The van der Waals surface area contributed by atoms with Crippen molar-refractivity contribution in [1.29, 1.82) is 0 Å². The second-order valence-corrected chi connectivity index (χ2v) is 39.7. The van der Waals surface area contributed by atoms with Gasteiger partial charge < -0.3 is 53.6 Å². The minimum atomic E-state index is -1.04. The third kappa shape index (κ3) is 51.9. The topological polar surface area (TPSA) is 268 Å². The number of carboxylic acid groups (broad SMARTS) is 1. The second-order valence-electron chi connectivity index (χ2n) is 39.4. The highest BCUT2D eigenvalue weighted by molar-refractivity contribution is 6.67. The molecular weight excluding hydrogens is 1900 g/mol. The van der Waals surface area contributed by atoms with Gasteiger partial charge in [0.05, 0.1) is 48.7 Å². The van der Waals surface area contributed by atoms with E-state index in [-0.39, 0.29) is 64.4 Å². The zero-order valence-corrected chi connectivity index (χ0v) is 91.7. The van der Waals surface area contributed by atoms with Gasteiger partial charge in [-0.1, -0.05) is 389 Å². The van der Waals surface area contributed by atoms with Gasteiger partial charge in [0.15, 0.2) is 17.7 Å². The van der Waals surface area contributed by atoms with Crippen LogP contribution in [0.3, 0.4) is 0 Å². The van der Waals surface area contributed by atoms with Crippen LogP contribution >= 0.6 is 11.6 Å². The first-order valence-corrected chi connectivity index (χ1v) is 55.4. The molecule has 2 saturated heterocycles. The van der Waals surface area contributed by atoms with E-state index in [0.29, 0.717) is 41.0 Å². The first kappa shape index (κ1) is 126. The molecule has 4 N–H and O–H groups in total. The molecule has 814 valence electrons. The zero-order valence-electron chi connectivity index (χ0n) is 91.0. The van der Waals surface area contributed by atoms with Crippen molar-refractivity contribution in [3.8, 4) is 55.6 Å². The number of aliphatic hydroxyl groups is 3. The third-order valence-corrected chi connectivity index (χ3v) is 26.0. The number of aromatic carboxylic acids is 1. The van der Waals surface area contributed by atoms with E-state index in [1.807, 2.05) is 100 Å². The Morgan fingerprint density at radius 1 is 0.333 bits per heavy atom. The van der Waals surface area contributed by atoms with Crippen molar-refractivity contribution in [3.63, 3.8) is 0 Å². The molecule has 0 bridgehead atoms. The van der Waals surface area contributed by atoms with Gasteiger partial charge in [0.2, 0.25) is 0 Å². The summed E-state index contributed by atoms with van der Waals surface area (Å²) < 4.78 is 37.3. The van der Waals surface area contributed by atoms with Gasteiger partial charge in [-0.3, -0.25) is 4.79 Å². The lowest BCUT2D eigenvalue weighted by Crippen LogP contribution is -2.27. The van der Waals surface area contributed by atoms with E-state index < -0.39 is 53.5 Å². The summed E-state index contributed by atoms with van der Waals surface area (Å²) in [5.74, 6) is -3.29. The molecule has 150 heavy (non-hydrogen) atoms. The van der Waals surface area contributed by atoms with Gasteiger partial charge in [-0.05, 0) is 248 Å². The molecule has 0 radical (unpaired) electrons. The van der Waals surface area contributed by atoms with Crippen LogP contribution in [0.15, 0.2) is 268 Å². The predicted molar refractivity (Wildman–Crippen MR) is 606 cm³/mol. The Labute approximate surface area is 900 Å². The van der Waals surface area contributed by atoms with E-state index >= 15 is 0 Å². The zero-order chi connectivity index (χ0) is 108. The highest BCUT2D eigenvalue weighted by atomic mass is 35.5. The number of esters is 3. The monoisotopic (exact) mass is 2080 g/mol. The maximum Gasteiger partial charge on any atom is 0.338 e. The van der Waals surface area contributed by atoms with Crippen LogP contribution in [0.4, 0.5) is 0 Å². The number of carbonyl (C=O) groups excluding carboxylic acids is 4. The highest BCUT2D eigenvalue weighted by Crippen LogP contribution is 2.31. The second kappa shape index (κ2) is 74.9. The van der Waals surface area contributed by atoms with Crippen LogP contribution < -0.4 is 0 Å². The SMILES string of the molecule is C=CCOOCC(COC(=O)c1ccc(-c2ccc(CCCCCCCC)cc2)cc1)OOCC=C.CC1(C)OCC(CO)O1.CCCCCCCCc1ccc(-c2ccc(C(=O)Cl)cc2)cc1.CCCCCCCCc1ccc(-c2ccc(C(=O)O)cc2)cc1.CCCCCCCCc1ccc(-c2ccc(C(=O)OCC(O)CO)cc2)cc1.CCCCCCCCc1ccc(-c2ccc(C(=O)OCC3COC(C)(C)O3)cc2)cc1. The molecule has 0 saturated carbocycles. The summed E-state index contributed by atoms with van der Waals surface area (Å²) in [5, 5.41) is 35.1. The molecule has 0 aliphatic carbocycles. The standard InChI is InChI=1S/C30H40O6.C27H36O4.C24H32O4.C21H25ClO.C21H26O2.C6H12O3/c1-4-7-8-9-10-11-12-25-13-15-26(16-14-25)27-17-19-28(20-18-27)30(31)32-23-29(36-34-22-6-3)24-35-33-21-5-2;1-4-5-6-7-8-9-10-21-11-13-22(14-12-21)23-15-17-24(18-16-23)26(28)29-19-25-20-30-27(2,3)31-25;1-2-3-4-5-6-7-8-19-9-11-20(12-10-19)21-13-15-22(16-14-21)24(27)28-18-23(26)17-25;2*1-2-3-4-5-6-7-8-17-9-11-18(12-10-17)19-13-15-20(16-14-19)21(22)23;1-6(2)8-4-5(3-7)9-6/h5-6,13-20,29H,2-4,7-12,21-24H2,1H3;11-18,25H,4-10,19-20H2,1-3H3;9-16,23,25-26H,2-8,17-18H2,1H3;9-16H,2-8H2,1H3;9-16H,2-8H2,1H3,(H,22,23);5,7H,3-4H2,1-2H3. The Kier molecular flexibility index (Phi) is 62.9. The molecule has 4 atom stereocenters. The smallest absolute Gasteiger partial charge is 0.338 e. The third-order valence-electron chi connectivity index (χ3n) is 25.8. The number of rotatable bonds is 62. The number of unbranched alkanes of at least 4 members (excludes halogenated alkanes) is 25. The largest absolute Gasteiger partial charge is 0.478 e. The molecule has 2 heterocycles. The molecule has 21 heteroatoms. The fraction of sp³-hybridized carbons (Fsp3) is 0.465. The number of ether oxygens (including phenoxy) is 7. The van der Waals surface area contributed by atoms with Crippen molar-refractivity contribution in [2.75, 3.05) is 66.1 Å².